The van der Waals surface area contributed by atoms with Crippen molar-refractivity contribution >= 4 is 24.7 Å². The van der Waals surface area contributed by atoms with Gasteiger partial charge in [-0.05, 0) is 17.6 Å². The SMILES string of the molecule is [B]c1cc(N)ccc1[N+](=O)[O-]. The molecule has 2 N–H and O–H groups in total. The van der Waals surface area contributed by atoms with Crippen LogP contribution >= 0.6 is 0 Å². The van der Waals surface area contributed by atoms with Crippen LogP contribution in [0.1, 0.15) is 0 Å². The Labute approximate surface area is 64.6 Å². The van der Waals surface area contributed by atoms with Gasteiger partial charge in [-0.2, -0.15) is 0 Å². The molecule has 0 spiro atoms. The van der Waals surface area contributed by atoms with Crippen molar-refractivity contribution < 1.29 is 4.92 Å². The van der Waals surface area contributed by atoms with Crippen LogP contribution in [-0.4, -0.2) is 12.8 Å². The molecule has 0 saturated carbocycles. The summed E-state index contributed by atoms with van der Waals surface area (Å²) in [6.45, 7) is 0. The number of nitrogen functional groups attached to an aromatic ring is 1. The summed E-state index contributed by atoms with van der Waals surface area (Å²) in [7, 11) is 5.30. The highest BCUT2D eigenvalue weighted by atomic mass is 16.6. The summed E-state index contributed by atoms with van der Waals surface area (Å²) in [5, 5.41) is 10.2. The van der Waals surface area contributed by atoms with Crippen molar-refractivity contribution in [3.05, 3.63) is 28.3 Å². The number of rotatable bonds is 1. The number of nitrogens with two attached hydrogens (primary N) is 1. The van der Waals surface area contributed by atoms with Gasteiger partial charge in [-0.1, -0.05) is 0 Å². The first-order valence-electron chi connectivity index (χ1n) is 2.90. The van der Waals surface area contributed by atoms with E-state index in [0.29, 0.717) is 5.69 Å². The Bertz CT molecular complexity index is 301. The lowest BCUT2D eigenvalue weighted by Gasteiger charge is -1.97. The van der Waals surface area contributed by atoms with Gasteiger partial charge in [0, 0.05) is 11.8 Å². The van der Waals surface area contributed by atoms with Gasteiger partial charge < -0.3 is 5.73 Å². The minimum absolute atomic E-state index is 0.0926. The van der Waals surface area contributed by atoms with Gasteiger partial charge in [-0.25, -0.2) is 0 Å². The van der Waals surface area contributed by atoms with Gasteiger partial charge in [0.25, 0.3) is 5.69 Å². The van der Waals surface area contributed by atoms with E-state index in [9.17, 15) is 10.1 Å². The van der Waals surface area contributed by atoms with Crippen LogP contribution in [0, 0.1) is 10.1 Å². The van der Waals surface area contributed by atoms with E-state index < -0.39 is 4.92 Å². The van der Waals surface area contributed by atoms with Crippen LogP contribution in [0.2, 0.25) is 0 Å². The van der Waals surface area contributed by atoms with Crippen molar-refractivity contribution in [1.29, 1.82) is 0 Å². The lowest BCUT2D eigenvalue weighted by molar-refractivity contribution is -0.383. The molecule has 0 unspecified atom stereocenters. The summed E-state index contributed by atoms with van der Waals surface area (Å²) in [5.41, 5.74) is 5.73. The molecule has 0 aliphatic rings. The van der Waals surface area contributed by atoms with Crippen molar-refractivity contribution in [2.24, 2.45) is 0 Å². The van der Waals surface area contributed by atoms with E-state index >= 15 is 0 Å². The van der Waals surface area contributed by atoms with Gasteiger partial charge in [-0.3, -0.25) is 10.1 Å². The Hall–Kier alpha value is -1.52. The van der Waals surface area contributed by atoms with E-state index in [1.54, 1.807) is 0 Å². The van der Waals surface area contributed by atoms with E-state index in [0.717, 1.165) is 0 Å². The topological polar surface area (TPSA) is 69.2 Å². The van der Waals surface area contributed by atoms with Crippen molar-refractivity contribution in [2.75, 3.05) is 5.73 Å². The molecule has 1 aromatic rings. The molecular weight excluding hydrogens is 143 g/mol. The standard InChI is InChI=1S/C6H5BN2O2/c7-5-3-4(8)1-2-6(5)9(10)11/h1-3H,8H2. The Morgan fingerprint density at radius 3 is 2.64 bits per heavy atom. The number of nitro benzene ring substituents is 1. The van der Waals surface area contributed by atoms with Crippen LogP contribution in [0.4, 0.5) is 11.4 Å². The van der Waals surface area contributed by atoms with E-state index in [1.165, 1.54) is 18.2 Å². The third kappa shape index (κ3) is 1.49. The number of anilines is 1. The molecule has 0 saturated heterocycles. The Morgan fingerprint density at radius 2 is 2.18 bits per heavy atom. The fraction of sp³-hybridized carbons (Fsp3) is 0. The molecule has 54 valence electrons. The van der Waals surface area contributed by atoms with Gasteiger partial charge >= 0.3 is 0 Å². The third-order valence-electron chi connectivity index (χ3n) is 1.25. The molecular formula is C6H5BN2O2. The first-order valence-corrected chi connectivity index (χ1v) is 2.90. The maximum Gasteiger partial charge on any atom is 0.262 e. The predicted octanol–water partition coefficient (Wildman–Crippen LogP) is -0.0292. The Balaban J connectivity index is 3.20. The summed E-state index contributed by atoms with van der Waals surface area (Å²) in [5.74, 6) is 0. The molecule has 2 radical (unpaired) electrons. The summed E-state index contributed by atoms with van der Waals surface area (Å²) >= 11 is 0. The number of hydrogen-bond donors (Lipinski definition) is 1. The van der Waals surface area contributed by atoms with Crippen LogP contribution in [0.25, 0.3) is 0 Å². The quantitative estimate of drug-likeness (QED) is 0.263. The molecule has 1 aromatic carbocycles. The van der Waals surface area contributed by atoms with Gasteiger partial charge in [0.1, 0.15) is 7.85 Å². The summed E-state index contributed by atoms with van der Waals surface area (Å²) < 4.78 is 0. The van der Waals surface area contributed by atoms with Crippen LogP contribution in [-0.2, 0) is 0 Å². The first-order chi connectivity index (χ1) is 5.11. The molecule has 0 atom stereocenters. The second-order valence-corrected chi connectivity index (χ2v) is 2.08. The molecule has 0 aliphatic heterocycles. The summed E-state index contributed by atoms with van der Waals surface area (Å²) in [4.78, 5) is 9.67. The van der Waals surface area contributed by atoms with Crippen LogP contribution < -0.4 is 11.2 Å². The predicted molar refractivity (Wildman–Crippen MR) is 42.9 cm³/mol. The number of nitrogens with zero attached hydrogens (tertiary/aromatic N) is 1. The molecule has 5 heteroatoms. The zero-order valence-electron chi connectivity index (χ0n) is 5.65. The second-order valence-electron chi connectivity index (χ2n) is 2.08. The zero-order valence-corrected chi connectivity index (χ0v) is 5.65. The number of nitro groups is 1. The van der Waals surface area contributed by atoms with Crippen molar-refractivity contribution in [2.45, 2.75) is 0 Å². The van der Waals surface area contributed by atoms with Crippen molar-refractivity contribution in [3.63, 3.8) is 0 Å². The number of benzene rings is 1. The van der Waals surface area contributed by atoms with Crippen LogP contribution in [0.3, 0.4) is 0 Å². The summed E-state index contributed by atoms with van der Waals surface area (Å²) in [6.07, 6.45) is 0. The highest BCUT2D eigenvalue weighted by Gasteiger charge is 2.07. The van der Waals surface area contributed by atoms with E-state index in [2.05, 4.69) is 0 Å². The van der Waals surface area contributed by atoms with Crippen molar-refractivity contribution in [1.82, 2.24) is 0 Å². The third-order valence-corrected chi connectivity index (χ3v) is 1.25. The lowest BCUT2D eigenvalue weighted by atomic mass is 9.94. The van der Waals surface area contributed by atoms with Gasteiger partial charge in [0.05, 0.1) is 4.92 Å². The average molecular weight is 148 g/mol. The molecule has 0 aliphatic carbocycles. The molecule has 11 heavy (non-hydrogen) atoms. The fourth-order valence-corrected chi connectivity index (χ4v) is 0.739. The summed E-state index contributed by atoms with van der Waals surface area (Å²) in [6, 6.07) is 4.08. The van der Waals surface area contributed by atoms with Gasteiger partial charge in [0.2, 0.25) is 0 Å². The second kappa shape index (κ2) is 2.61. The molecule has 0 heterocycles. The minimum atomic E-state index is -0.547. The smallest absolute Gasteiger partial charge is 0.262 e. The molecule has 1 rings (SSSR count). The monoisotopic (exact) mass is 148 g/mol. The van der Waals surface area contributed by atoms with Crippen molar-refractivity contribution in [3.8, 4) is 0 Å². The average Bonchev–Trinajstić information content (AvgIpc) is 1.85. The molecule has 4 nitrogen and oxygen atoms in total. The maximum atomic E-state index is 10.2. The molecule has 0 aromatic heterocycles. The maximum absolute atomic E-state index is 10.2. The largest absolute Gasteiger partial charge is 0.399 e. The zero-order chi connectivity index (χ0) is 8.43. The number of hydrogen-bond acceptors (Lipinski definition) is 3. The minimum Gasteiger partial charge on any atom is -0.399 e. The van der Waals surface area contributed by atoms with E-state index in [-0.39, 0.29) is 11.2 Å². The lowest BCUT2D eigenvalue weighted by Crippen LogP contribution is -2.09. The normalized spacial score (nSPS) is 9.45. The van der Waals surface area contributed by atoms with Gasteiger partial charge in [-0.15, -0.1) is 0 Å². The molecule has 0 amide bonds. The Kier molecular flexibility index (Phi) is 1.80. The molecule has 0 bridgehead atoms. The van der Waals surface area contributed by atoms with Crippen LogP contribution in [0.15, 0.2) is 18.2 Å². The van der Waals surface area contributed by atoms with Gasteiger partial charge in [0.15, 0.2) is 0 Å². The fourth-order valence-electron chi connectivity index (χ4n) is 0.739. The van der Waals surface area contributed by atoms with Crippen LogP contribution in [0.5, 0.6) is 0 Å². The first kappa shape index (κ1) is 7.59. The Morgan fingerprint density at radius 1 is 1.55 bits per heavy atom. The highest BCUT2D eigenvalue weighted by molar-refractivity contribution is 6.35. The molecule has 0 fully saturated rings. The van der Waals surface area contributed by atoms with E-state index in [4.69, 9.17) is 13.6 Å². The van der Waals surface area contributed by atoms with E-state index in [1.807, 2.05) is 0 Å². The highest BCUT2D eigenvalue weighted by Crippen LogP contribution is 2.08.